The van der Waals surface area contributed by atoms with E-state index in [0.717, 1.165) is 11.1 Å². The molecule has 1 aromatic rings. The summed E-state index contributed by atoms with van der Waals surface area (Å²) in [6.45, 7) is 4.33. The van der Waals surface area contributed by atoms with Crippen molar-refractivity contribution < 1.29 is 18.3 Å². The molecule has 1 aliphatic rings. The monoisotopic (exact) mass is 298 g/mol. The van der Waals surface area contributed by atoms with E-state index in [2.05, 4.69) is 4.98 Å². The van der Waals surface area contributed by atoms with Crippen molar-refractivity contribution in [3.63, 3.8) is 0 Å². The average molecular weight is 298 g/mol. The summed E-state index contributed by atoms with van der Waals surface area (Å²) in [4.78, 5) is 18.1. The topological polar surface area (TPSA) is 42.4 Å². The second-order valence-electron chi connectivity index (χ2n) is 5.45. The molecule has 1 saturated heterocycles. The molecule has 1 aliphatic heterocycles. The van der Waals surface area contributed by atoms with E-state index in [1.54, 1.807) is 11.1 Å². The lowest BCUT2D eigenvalue weighted by Crippen LogP contribution is -2.29. The van der Waals surface area contributed by atoms with Crippen molar-refractivity contribution in [1.29, 1.82) is 0 Å². The number of esters is 1. The molecule has 1 aromatic heterocycles. The van der Waals surface area contributed by atoms with Gasteiger partial charge in [-0.05, 0) is 31.4 Å². The number of methoxy groups -OCH3 is 1. The summed E-state index contributed by atoms with van der Waals surface area (Å²) in [6, 6.07) is 0. The fourth-order valence-electron chi connectivity index (χ4n) is 2.55. The highest BCUT2D eigenvalue weighted by Gasteiger charge is 2.33. The molecule has 0 atom stereocenters. The number of alkyl halides is 2. The number of carbonyl (C=O) groups excluding carboxylic acids is 1. The zero-order valence-corrected chi connectivity index (χ0v) is 12.6. The molecule has 0 aliphatic carbocycles. The highest BCUT2D eigenvalue weighted by atomic mass is 19.3. The fraction of sp³-hybridized carbons (Fsp3) is 0.600. The van der Waals surface area contributed by atoms with Gasteiger partial charge in [-0.1, -0.05) is 0 Å². The predicted octanol–water partition coefficient (Wildman–Crippen LogP) is 3.11. The second kappa shape index (κ2) is 5.95. The standard InChI is InChI=1S/C15H20F2N2O2/c1-10-9-18-13(12(11(10)2)14(20)21-3)19-7-4-5-15(16,17)6-8-19/h9H,4-8H2,1-3H3. The number of hydrogen-bond donors (Lipinski definition) is 0. The lowest BCUT2D eigenvalue weighted by Gasteiger charge is -2.24. The van der Waals surface area contributed by atoms with Crippen LogP contribution < -0.4 is 4.90 Å². The van der Waals surface area contributed by atoms with Crippen LogP contribution in [0.15, 0.2) is 6.20 Å². The molecule has 21 heavy (non-hydrogen) atoms. The van der Waals surface area contributed by atoms with Gasteiger partial charge in [0.2, 0.25) is 5.92 Å². The first kappa shape index (κ1) is 15.7. The van der Waals surface area contributed by atoms with E-state index in [1.165, 1.54) is 7.11 Å². The van der Waals surface area contributed by atoms with Crippen LogP contribution in [0, 0.1) is 13.8 Å². The van der Waals surface area contributed by atoms with Crippen molar-refractivity contribution >= 4 is 11.8 Å². The number of rotatable bonds is 2. The van der Waals surface area contributed by atoms with Gasteiger partial charge in [-0.3, -0.25) is 0 Å². The first-order chi connectivity index (χ1) is 9.85. The van der Waals surface area contributed by atoms with Crippen molar-refractivity contribution in [2.24, 2.45) is 0 Å². The van der Waals surface area contributed by atoms with Gasteiger partial charge in [-0.2, -0.15) is 0 Å². The van der Waals surface area contributed by atoms with Crippen molar-refractivity contribution in [2.45, 2.75) is 39.0 Å². The van der Waals surface area contributed by atoms with Crippen molar-refractivity contribution in [3.05, 3.63) is 22.9 Å². The van der Waals surface area contributed by atoms with Crippen LogP contribution in [0.2, 0.25) is 0 Å². The van der Waals surface area contributed by atoms with Gasteiger partial charge in [0.05, 0.1) is 7.11 Å². The van der Waals surface area contributed by atoms with Crippen LogP contribution in [0.4, 0.5) is 14.6 Å². The van der Waals surface area contributed by atoms with E-state index < -0.39 is 11.9 Å². The highest BCUT2D eigenvalue weighted by Crippen LogP contribution is 2.31. The molecule has 0 aromatic carbocycles. The summed E-state index contributed by atoms with van der Waals surface area (Å²) in [5, 5.41) is 0. The Hall–Kier alpha value is -1.72. The van der Waals surface area contributed by atoms with Crippen molar-refractivity contribution in [3.8, 4) is 0 Å². The van der Waals surface area contributed by atoms with Gasteiger partial charge in [-0.25, -0.2) is 18.6 Å². The van der Waals surface area contributed by atoms with Crippen LogP contribution in [0.3, 0.4) is 0 Å². The number of ether oxygens (including phenoxy) is 1. The summed E-state index contributed by atoms with van der Waals surface area (Å²) in [6.07, 6.45) is 1.70. The number of halogens is 2. The van der Waals surface area contributed by atoms with E-state index in [1.807, 2.05) is 13.8 Å². The van der Waals surface area contributed by atoms with Gasteiger partial charge in [0.15, 0.2) is 0 Å². The molecule has 0 spiro atoms. The summed E-state index contributed by atoms with van der Waals surface area (Å²) in [5.41, 5.74) is 2.03. The van der Waals surface area contributed by atoms with E-state index >= 15 is 0 Å². The Morgan fingerprint density at radius 1 is 1.33 bits per heavy atom. The third-order valence-corrected chi connectivity index (χ3v) is 3.98. The van der Waals surface area contributed by atoms with Gasteiger partial charge >= 0.3 is 5.97 Å². The minimum absolute atomic E-state index is 0.123. The second-order valence-corrected chi connectivity index (χ2v) is 5.45. The maximum Gasteiger partial charge on any atom is 0.341 e. The highest BCUT2D eigenvalue weighted by molar-refractivity contribution is 5.96. The summed E-state index contributed by atoms with van der Waals surface area (Å²) >= 11 is 0. The molecular weight excluding hydrogens is 278 g/mol. The van der Waals surface area contributed by atoms with Gasteiger partial charge < -0.3 is 9.64 Å². The number of carbonyl (C=O) groups is 1. The number of nitrogens with zero attached hydrogens (tertiary/aromatic N) is 2. The average Bonchev–Trinajstić information content (AvgIpc) is 2.62. The van der Waals surface area contributed by atoms with E-state index in [-0.39, 0.29) is 19.4 Å². The van der Waals surface area contributed by atoms with Crippen molar-refractivity contribution in [1.82, 2.24) is 4.98 Å². The molecule has 4 nitrogen and oxygen atoms in total. The molecule has 0 saturated carbocycles. The Morgan fingerprint density at radius 2 is 2.05 bits per heavy atom. The molecule has 1 fully saturated rings. The van der Waals surface area contributed by atoms with Crippen LogP contribution in [-0.2, 0) is 4.74 Å². The van der Waals surface area contributed by atoms with Crippen LogP contribution in [-0.4, -0.2) is 37.1 Å². The number of anilines is 1. The van der Waals surface area contributed by atoms with Gasteiger partial charge in [0.1, 0.15) is 11.4 Å². The number of aryl methyl sites for hydroxylation is 1. The molecule has 0 amide bonds. The Labute approximate surface area is 123 Å². The van der Waals surface area contributed by atoms with Gasteiger partial charge in [0.25, 0.3) is 0 Å². The number of pyridine rings is 1. The zero-order valence-electron chi connectivity index (χ0n) is 12.6. The summed E-state index contributed by atoms with van der Waals surface area (Å²) in [7, 11) is 1.31. The summed E-state index contributed by atoms with van der Waals surface area (Å²) in [5.74, 6) is -2.67. The normalized spacial score (nSPS) is 18.2. The fourth-order valence-corrected chi connectivity index (χ4v) is 2.55. The maximum atomic E-state index is 13.5. The lowest BCUT2D eigenvalue weighted by atomic mass is 10.1. The molecule has 6 heteroatoms. The van der Waals surface area contributed by atoms with Crippen molar-refractivity contribution in [2.75, 3.05) is 25.1 Å². The molecule has 116 valence electrons. The van der Waals surface area contributed by atoms with E-state index in [4.69, 9.17) is 4.74 Å². The van der Waals surface area contributed by atoms with Crippen LogP contribution in [0.25, 0.3) is 0 Å². The predicted molar refractivity (Wildman–Crippen MR) is 76.1 cm³/mol. The zero-order chi connectivity index (χ0) is 15.6. The largest absolute Gasteiger partial charge is 0.465 e. The number of aromatic nitrogens is 1. The van der Waals surface area contributed by atoms with E-state index in [0.29, 0.717) is 24.3 Å². The Bertz CT molecular complexity index is 547. The summed E-state index contributed by atoms with van der Waals surface area (Å²) < 4.78 is 31.8. The SMILES string of the molecule is COC(=O)c1c(N2CCCC(F)(F)CC2)ncc(C)c1C. The molecule has 2 heterocycles. The van der Waals surface area contributed by atoms with Gasteiger partial charge in [-0.15, -0.1) is 0 Å². The van der Waals surface area contributed by atoms with Crippen LogP contribution in [0.5, 0.6) is 0 Å². The first-order valence-electron chi connectivity index (χ1n) is 7.03. The van der Waals surface area contributed by atoms with E-state index in [9.17, 15) is 13.6 Å². The minimum Gasteiger partial charge on any atom is -0.465 e. The molecule has 0 unspecified atom stereocenters. The smallest absolute Gasteiger partial charge is 0.341 e. The molecule has 0 radical (unpaired) electrons. The quantitative estimate of drug-likeness (QED) is 0.787. The Morgan fingerprint density at radius 3 is 2.71 bits per heavy atom. The lowest BCUT2D eigenvalue weighted by molar-refractivity contribution is -0.0102. The maximum absolute atomic E-state index is 13.5. The van der Waals surface area contributed by atoms with Gasteiger partial charge in [0, 0.05) is 32.1 Å². The molecule has 0 N–H and O–H groups in total. The van der Waals surface area contributed by atoms with Crippen LogP contribution >= 0.6 is 0 Å². The third-order valence-electron chi connectivity index (χ3n) is 3.98. The Kier molecular flexibility index (Phi) is 4.44. The molecule has 0 bridgehead atoms. The van der Waals surface area contributed by atoms with Crippen LogP contribution in [0.1, 0.15) is 40.7 Å². The number of hydrogen-bond acceptors (Lipinski definition) is 4. The first-order valence-corrected chi connectivity index (χ1v) is 7.03. The molecular formula is C15H20F2N2O2. The third kappa shape index (κ3) is 3.31. The minimum atomic E-state index is -2.64. The molecule has 2 rings (SSSR count). The Balaban J connectivity index is 2.39.